The summed E-state index contributed by atoms with van der Waals surface area (Å²) in [6.45, 7) is 0.674. The fourth-order valence-corrected chi connectivity index (χ4v) is 2.99. The molecule has 4 aromatic heterocycles. The van der Waals surface area contributed by atoms with Gasteiger partial charge in [-0.3, -0.25) is 0 Å². The lowest BCUT2D eigenvalue weighted by atomic mass is 10.2. The normalized spacial score (nSPS) is 11.3. The van der Waals surface area contributed by atoms with E-state index in [-0.39, 0.29) is 0 Å². The quantitative estimate of drug-likeness (QED) is 0.481. The van der Waals surface area contributed by atoms with Gasteiger partial charge in [0.05, 0.1) is 11.8 Å². The van der Waals surface area contributed by atoms with Gasteiger partial charge in [0.15, 0.2) is 11.5 Å². The van der Waals surface area contributed by atoms with Gasteiger partial charge in [0.1, 0.15) is 5.82 Å². The van der Waals surface area contributed by atoms with Crippen molar-refractivity contribution in [3.05, 3.63) is 73.2 Å². The van der Waals surface area contributed by atoms with Crippen LogP contribution in [-0.2, 0) is 13.0 Å². The van der Waals surface area contributed by atoms with Crippen LogP contribution in [-0.4, -0.2) is 34.3 Å². The van der Waals surface area contributed by atoms with E-state index in [0.717, 1.165) is 22.6 Å². The van der Waals surface area contributed by atoms with Gasteiger partial charge >= 0.3 is 0 Å². The maximum atomic E-state index is 5.37. The van der Waals surface area contributed by atoms with Gasteiger partial charge in [0.2, 0.25) is 0 Å². The predicted octanol–water partition coefficient (Wildman–Crippen LogP) is 2.89. The summed E-state index contributed by atoms with van der Waals surface area (Å²) in [5.74, 6) is 2.00. The second-order valence-corrected chi connectivity index (χ2v) is 6.02. The average molecular weight is 357 g/mol. The van der Waals surface area contributed by atoms with E-state index in [1.807, 2.05) is 53.4 Å². The minimum absolute atomic E-state index is 0.531. The molecular weight excluding hydrogens is 342 g/mol. The van der Waals surface area contributed by atoms with Crippen LogP contribution in [0.3, 0.4) is 0 Å². The molecule has 0 unspecified atom stereocenters. The smallest absolute Gasteiger partial charge is 0.257 e. The molecule has 0 aliphatic heterocycles. The molecule has 0 aliphatic carbocycles. The van der Waals surface area contributed by atoms with E-state index < -0.39 is 0 Å². The number of hydrogen-bond acceptors (Lipinski definition) is 6. The van der Waals surface area contributed by atoms with Crippen molar-refractivity contribution in [3.63, 3.8) is 0 Å². The standard InChI is InChI=1S/C19H15N7O/c1-2-5-14(6-3-1)19-23-16(24-27-19)7-11-25-12-9-21-17(25)15-13-22-26-10-4-8-20-18(15)26/h1-6,8-10,12-13H,7,11H2. The van der Waals surface area contributed by atoms with E-state index in [1.165, 1.54) is 0 Å². The van der Waals surface area contributed by atoms with Crippen LogP contribution in [0.4, 0.5) is 0 Å². The number of nitrogens with zero attached hydrogens (tertiary/aromatic N) is 7. The number of benzene rings is 1. The molecule has 5 aromatic rings. The van der Waals surface area contributed by atoms with Gasteiger partial charge in [-0.2, -0.15) is 10.1 Å². The van der Waals surface area contributed by atoms with Gasteiger partial charge in [0.25, 0.3) is 5.89 Å². The molecule has 0 atom stereocenters. The Morgan fingerprint density at radius 2 is 1.89 bits per heavy atom. The van der Waals surface area contributed by atoms with Crippen molar-refractivity contribution in [3.8, 4) is 22.8 Å². The zero-order chi connectivity index (χ0) is 18.1. The van der Waals surface area contributed by atoms with E-state index in [0.29, 0.717) is 24.7 Å². The molecule has 5 rings (SSSR count). The van der Waals surface area contributed by atoms with Crippen molar-refractivity contribution < 1.29 is 4.52 Å². The van der Waals surface area contributed by atoms with E-state index in [4.69, 9.17) is 4.52 Å². The summed E-state index contributed by atoms with van der Waals surface area (Å²) in [5, 5.41) is 8.42. The SMILES string of the molecule is c1ccc(-c2nc(CCn3ccnc3-c3cnn4cccnc34)no2)cc1. The maximum absolute atomic E-state index is 5.37. The van der Waals surface area contributed by atoms with Crippen LogP contribution in [0.15, 0.2) is 71.9 Å². The minimum atomic E-state index is 0.531. The van der Waals surface area contributed by atoms with Crippen molar-refractivity contribution in [1.29, 1.82) is 0 Å². The molecule has 27 heavy (non-hydrogen) atoms. The van der Waals surface area contributed by atoms with E-state index in [2.05, 4.69) is 25.2 Å². The molecule has 132 valence electrons. The number of fused-ring (bicyclic) bond motifs is 1. The molecular formula is C19H15N7O. The van der Waals surface area contributed by atoms with Crippen molar-refractivity contribution in [2.45, 2.75) is 13.0 Å². The Kier molecular flexibility index (Phi) is 3.71. The Balaban J connectivity index is 1.38. The molecule has 0 saturated carbocycles. The van der Waals surface area contributed by atoms with Crippen LogP contribution in [0.1, 0.15) is 5.82 Å². The Morgan fingerprint density at radius 1 is 0.963 bits per heavy atom. The fraction of sp³-hybridized carbons (Fsp3) is 0.105. The molecule has 0 spiro atoms. The first kappa shape index (κ1) is 15.4. The number of rotatable bonds is 5. The van der Waals surface area contributed by atoms with E-state index >= 15 is 0 Å². The maximum Gasteiger partial charge on any atom is 0.257 e. The number of aryl methyl sites for hydroxylation is 2. The lowest BCUT2D eigenvalue weighted by molar-refractivity contribution is 0.420. The van der Waals surface area contributed by atoms with Crippen molar-refractivity contribution in [1.82, 2.24) is 34.3 Å². The predicted molar refractivity (Wildman–Crippen MR) is 97.6 cm³/mol. The van der Waals surface area contributed by atoms with Gasteiger partial charge in [-0.1, -0.05) is 23.4 Å². The van der Waals surface area contributed by atoms with E-state index in [9.17, 15) is 0 Å². The second kappa shape index (κ2) is 6.49. The molecule has 0 amide bonds. The topological polar surface area (TPSA) is 86.9 Å². The van der Waals surface area contributed by atoms with Crippen LogP contribution in [0.2, 0.25) is 0 Å². The minimum Gasteiger partial charge on any atom is -0.334 e. The van der Waals surface area contributed by atoms with E-state index in [1.54, 1.807) is 23.1 Å². The summed E-state index contributed by atoms with van der Waals surface area (Å²) in [7, 11) is 0. The third-order valence-electron chi connectivity index (χ3n) is 4.30. The Morgan fingerprint density at radius 3 is 2.81 bits per heavy atom. The third-order valence-corrected chi connectivity index (χ3v) is 4.30. The van der Waals surface area contributed by atoms with Crippen LogP contribution in [0, 0.1) is 0 Å². The van der Waals surface area contributed by atoms with Gasteiger partial charge in [-0.05, 0) is 18.2 Å². The average Bonchev–Trinajstić information content (AvgIpc) is 3.45. The molecule has 0 aliphatic rings. The highest BCUT2D eigenvalue weighted by molar-refractivity contribution is 5.72. The van der Waals surface area contributed by atoms with Crippen LogP contribution in [0.25, 0.3) is 28.5 Å². The summed E-state index contributed by atoms with van der Waals surface area (Å²) in [4.78, 5) is 13.4. The first-order chi connectivity index (χ1) is 13.4. The third kappa shape index (κ3) is 2.86. The lowest BCUT2D eigenvalue weighted by Crippen LogP contribution is -2.04. The van der Waals surface area contributed by atoms with Crippen LogP contribution in [0.5, 0.6) is 0 Å². The first-order valence-corrected chi connectivity index (χ1v) is 8.56. The molecule has 4 heterocycles. The summed E-state index contributed by atoms with van der Waals surface area (Å²) in [6, 6.07) is 11.6. The van der Waals surface area contributed by atoms with Crippen molar-refractivity contribution in [2.75, 3.05) is 0 Å². The molecule has 8 heteroatoms. The summed E-state index contributed by atoms with van der Waals surface area (Å²) < 4.78 is 9.15. The highest BCUT2D eigenvalue weighted by atomic mass is 16.5. The Labute approximate surface area is 154 Å². The molecule has 0 saturated heterocycles. The summed E-state index contributed by atoms with van der Waals surface area (Å²) in [6.07, 6.45) is 9.73. The highest BCUT2D eigenvalue weighted by Gasteiger charge is 2.14. The van der Waals surface area contributed by atoms with Gasteiger partial charge in [0, 0.05) is 43.3 Å². The zero-order valence-corrected chi connectivity index (χ0v) is 14.3. The van der Waals surface area contributed by atoms with Crippen LogP contribution >= 0.6 is 0 Å². The summed E-state index contributed by atoms with van der Waals surface area (Å²) >= 11 is 0. The number of hydrogen-bond donors (Lipinski definition) is 0. The molecule has 0 fully saturated rings. The molecule has 0 bridgehead atoms. The van der Waals surface area contributed by atoms with Crippen molar-refractivity contribution in [2.24, 2.45) is 0 Å². The molecule has 0 N–H and O–H groups in total. The fourth-order valence-electron chi connectivity index (χ4n) is 2.99. The monoisotopic (exact) mass is 357 g/mol. The van der Waals surface area contributed by atoms with Gasteiger partial charge < -0.3 is 9.09 Å². The van der Waals surface area contributed by atoms with Gasteiger partial charge in [-0.25, -0.2) is 14.5 Å². The lowest BCUT2D eigenvalue weighted by Gasteiger charge is -2.04. The van der Waals surface area contributed by atoms with Crippen LogP contribution < -0.4 is 0 Å². The summed E-state index contributed by atoms with van der Waals surface area (Å²) in [5.41, 5.74) is 2.58. The second-order valence-electron chi connectivity index (χ2n) is 6.02. The molecule has 0 radical (unpaired) electrons. The highest BCUT2D eigenvalue weighted by Crippen LogP contribution is 2.22. The van der Waals surface area contributed by atoms with Crippen molar-refractivity contribution >= 4 is 5.65 Å². The number of imidazole rings is 1. The largest absolute Gasteiger partial charge is 0.334 e. The van der Waals surface area contributed by atoms with Gasteiger partial charge in [-0.15, -0.1) is 0 Å². The molecule has 8 nitrogen and oxygen atoms in total. The zero-order valence-electron chi connectivity index (χ0n) is 14.3. The number of aromatic nitrogens is 7. The first-order valence-electron chi connectivity index (χ1n) is 8.56. The Bertz CT molecular complexity index is 1190. The Hall–Kier alpha value is -3.81. The molecule has 1 aromatic carbocycles.